The second kappa shape index (κ2) is 4.51. The standard InChI is InChI=1S/C10H13ClN2O2S/c11-8-4-3-5-9-10(8)12-6-1-2-7-16(14,15)13-9/h3-5,12-13H,1-2,6-7H2. The molecule has 0 saturated carbocycles. The van der Waals surface area contributed by atoms with Gasteiger partial charge in [-0.1, -0.05) is 17.7 Å². The van der Waals surface area contributed by atoms with Crippen molar-refractivity contribution in [1.82, 2.24) is 0 Å². The van der Waals surface area contributed by atoms with E-state index in [4.69, 9.17) is 11.6 Å². The van der Waals surface area contributed by atoms with Gasteiger partial charge in [-0.15, -0.1) is 0 Å². The molecule has 4 nitrogen and oxygen atoms in total. The fraction of sp³-hybridized carbons (Fsp3) is 0.400. The van der Waals surface area contributed by atoms with Gasteiger partial charge in [0, 0.05) is 6.54 Å². The monoisotopic (exact) mass is 260 g/mol. The Labute approximate surface area is 100 Å². The molecule has 0 saturated heterocycles. The maximum Gasteiger partial charge on any atom is 0.232 e. The third-order valence-electron chi connectivity index (χ3n) is 2.42. The minimum absolute atomic E-state index is 0.153. The summed E-state index contributed by atoms with van der Waals surface area (Å²) >= 11 is 6.02. The summed E-state index contributed by atoms with van der Waals surface area (Å²) in [7, 11) is -3.24. The van der Waals surface area contributed by atoms with Crippen LogP contribution in [0.5, 0.6) is 0 Å². The molecule has 0 radical (unpaired) electrons. The second-order valence-corrected chi connectivity index (χ2v) is 5.97. The maximum atomic E-state index is 11.7. The number of rotatable bonds is 0. The molecule has 0 fully saturated rings. The molecule has 2 rings (SSSR count). The molecule has 2 N–H and O–H groups in total. The number of benzene rings is 1. The summed E-state index contributed by atoms with van der Waals surface area (Å²) in [5.41, 5.74) is 1.18. The molecule has 0 unspecified atom stereocenters. The first-order valence-corrected chi connectivity index (χ1v) is 7.14. The van der Waals surface area contributed by atoms with Gasteiger partial charge < -0.3 is 5.32 Å². The van der Waals surface area contributed by atoms with Crippen molar-refractivity contribution in [3.8, 4) is 0 Å². The van der Waals surface area contributed by atoms with E-state index in [9.17, 15) is 8.42 Å². The quantitative estimate of drug-likeness (QED) is 0.753. The van der Waals surface area contributed by atoms with Gasteiger partial charge in [-0.05, 0) is 25.0 Å². The van der Waals surface area contributed by atoms with Gasteiger partial charge in [0.15, 0.2) is 0 Å². The number of hydrogen-bond acceptors (Lipinski definition) is 3. The molecule has 1 aromatic rings. The SMILES string of the molecule is O=S1(=O)CCCCNc2c(Cl)cccc2N1. The Kier molecular flexibility index (Phi) is 3.25. The van der Waals surface area contributed by atoms with E-state index in [0.29, 0.717) is 22.8 Å². The Morgan fingerprint density at radius 2 is 2.06 bits per heavy atom. The molecule has 88 valence electrons. The van der Waals surface area contributed by atoms with Crippen molar-refractivity contribution in [3.05, 3.63) is 23.2 Å². The van der Waals surface area contributed by atoms with Gasteiger partial charge in [0.05, 0.1) is 22.2 Å². The summed E-state index contributed by atoms with van der Waals surface area (Å²) in [5.74, 6) is 0.153. The largest absolute Gasteiger partial charge is 0.382 e. The van der Waals surface area contributed by atoms with Gasteiger partial charge in [-0.3, -0.25) is 4.72 Å². The van der Waals surface area contributed by atoms with Crippen LogP contribution in [-0.2, 0) is 10.0 Å². The highest BCUT2D eigenvalue weighted by Gasteiger charge is 2.16. The van der Waals surface area contributed by atoms with Gasteiger partial charge in [0.25, 0.3) is 0 Å². The molecule has 1 aliphatic rings. The predicted molar refractivity (Wildman–Crippen MR) is 66.6 cm³/mol. The number of sulfonamides is 1. The summed E-state index contributed by atoms with van der Waals surface area (Å²) < 4.78 is 25.9. The molecule has 16 heavy (non-hydrogen) atoms. The lowest BCUT2D eigenvalue weighted by Crippen LogP contribution is -2.16. The van der Waals surface area contributed by atoms with Crippen molar-refractivity contribution in [3.63, 3.8) is 0 Å². The number of nitrogens with one attached hydrogen (secondary N) is 2. The first kappa shape index (κ1) is 11.5. The fourth-order valence-electron chi connectivity index (χ4n) is 1.64. The summed E-state index contributed by atoms with van der Waals surface area (Å²) in [6.45, 7) is 0.730. The van der Waals surface area contributed by atoms with E-state index in [2.05, 4.69) is 10.0 Å². The zero-order valence-electron chi connectivity index (χ0n) is 8.66. The van der Waals surface area contributed by atoms with Gasteiger partial charge in [-0.25, -0.2) is 8.42 Å². The summed E-state index contributed by atoms with van der Waals surface area (Å²) in [5, 5.41) is 3.68. The summed E-state index contributed by atoms with van der Waals surface area (Å²) in [4.78, 5) is 0. The highest BCUT2D eigenvalue weighted by Crippen LogP contribution is 2.31. The molecule has 1 aliphatic heterocycles. The van der Waals surface area contributed by atoms with Crippen molar-refractivity contribution in [1.29, 1.82) is 0 Å². The first-order valence-electron chi connectivity index (χ1n) is 5.11. The Morgan fingerprint density at radius 3 is 2.88 bits per heavy atom. The molecule has 0 amide bonds. The van der Waals surface area contributed by atoms with Crippen molar-refractivity contribution in [2.45, 2.75) is 12.8 Å². The normalized spacial score (nSPS) is 19.3. The highest BCUT2D eigenvalue weighted by molar-refractivity contribution is 7.92. The Bertz CT molecular complexity index is 488. The second-order valence-electron chi connectivity index (χ2n) is 3.72. The van der Waals surface area contributed by atoms with E-state index in [1.807, 2.05) is 0 Å². The maximum absolute atomic E-state index is 11.7. The Balaban J connectivity index is 2.43. The minimum atomic E-state index is -3.24. The summed E-state index contributed by atoms with van der Waals surface area (Å²) in [6.07, 6.45) is 1.46. The molecule has 0 atom stereocenters. The number of anilines is 2. The van der Waals surface area contributed by atoms with Crippen LogP contribution >= 0.6 is 11.6 Å². The highest BCUT2D eigenvalue weighted by atomic mass is 35.5. The zero-order valence-corrected chi connectivity index (χ0v) is 10.2. The minimum Gasteiger partial charge on any atom is -0.382 e. The van der Waals surface area contributed by atoms with E-state index >= 15 is 0 Å². The smallest absolute Gasteiger partial charge is 0.232 e. The van der Waals surface area contributed by atoms with Crippen LogP contribution in [-0.4, -0.2) is 20.7 Å². The van der Waals surface area contributed by atoms with Crippen LogP contribution < -0.4 is 10.0 Å². The lowest BCUT2D eigenvalue weighted by Gasteiger charge is -2.12. The van der Waals surface area contributed by atoms with Gasteiger partial charge in [0.1, 0.15) is 0 Å². The summed E-state index contributed by atoms with van der Waals surface area (Å²) in [6, 6.07) is 5.17. The average molecular weight is 261 g/mol. The molecular weight excluding hydrogens is 248 g/mol. The zero-order chi connectivity index (χ0) is 11.6. The van der Waals surface area contributed by atoms with E-state index in [-0.39, 0.29) is 5.75 Å². The molecule has 1 heterocycles. The van der Waals surface area contributed by atoms with E-state index < -0.39 is 10.0 Å². The Morgan fingerprint density at radius 1 is 1.25 bits per heavy atom. The molecule has 0 spiro atoms. The van der Waals surface area contributed by atoms with Gasteiger partial charge in [0.2, 0.25) is 10.0 Å². The van der Waals surface area contributed by atoms with Crippen LogP contribution in [0, 0.1) is 0 Å². The Hall–Kier alpha value is -0.940. The van der Waals surface area contributed by atoms with Crippen molar-refractivity contribution >= 4 is 33.0 Å². The van der Waals surface area contributed by atoms with Gasteiger partial charge in [-0.2, -0.15) is 0 Å². The average Bonchev–Trinajstić information content (AvgIpc) is 2.26. The van der Waals surface area contributed by atoms with E-state index in [0.717, 1.165) is 13.0 Å². The number of halogens is 1. The number of hydrogen-bond donors (Lipinski definition) is 2. The lowest BCUT2D eigenvalue weighted by atomic mass is 10.2. The van der Waals surface area contributed by atoms with E-state index in [1.54, 1.807) is 18.2 Å². The number of para-hydroxylation sites is 1. The van der Waals surface area contributed by atoms with Crippen LogP contribution in [0.3, 0.4) is 0 Å². The third-order valence-corrected chi connectivity index (χ3v) is 4.09. The van der Waals surface area contributed by atoms with Crippen LogP contribution in [0.1, 0.15) is 12.8 Å². The molecule has 1 aromatic carbocycles. The molecule has 0 bridgehead atoms. The third kappa shape index (κ3) is 2.59. The van der Waals surface area contributed by atoms with Crippen molar-refractivity contribution < 1.29 is 8.42 Å². The molecule has 0 aliphatic carbocycles. The van der Waals surface area contributed by atoms with Crippen LogP contribution in [0.15, 0.2) is 18.2 Å². The molecule has 0 aromatic heterocycles. The molecule has 6 heteroatoms. The van der Waals surface area contributed by atoms with Gasteiger partial charge >= 0.3 is 0 Å². The fourth-order valence-corrected chi connectivity index (χ4v) is 3.07. The van der Waals surface area contributed by atoms with Crippen molar-refractivity contribution in [2.75, 3.05) is 22.3 Å². The topological polar surface area (TPSA) is 58.2 Å². The van der Waals surface area contributed by atoms with Crippen molar-refractivity contribution in [2.24, 2.45) is 0 Å². The predicted octanol–water partition coefficient (Wildman–Crippen LogP) is 2.29. The van der Waals surface area contributed by atoms with Crippen LogP contribution in [0.25, 0.3) is 0 Å². The first-order chi connectivity index (χ1) is 7.58. The van der Waals surface area contributed by atoms with Crippen LogP contribution in [0.4, 0.5) is 11.4 Å². The lowest BCUT2D eigenvalue weighted by molar-refractivity contribution is 0.597. The van der Waals surface area contributed by atoms with E-state index in [1.165, 1.54) is 0 Å². The van der Waals surface area contributed by atoms with Crippen LogP contribution in [0.2, 0.25) is 5.02 Å². The number of fused-ring (bicyclic) bond motifs is 1. The molecular formula is C10H13ClN2O2S.